The van der Waals surface area contributed by atoms with E-state index in [-0.39, 0.29) is 11.9 Å². The summed E-state index contributed by atoms with van der Waals surface area (Å²) in [7, 11) is 1.92. The molecule has 0 aromatic heterocycles. The third-order valence-electron chi connectivity index (χ3n) is 5.15. The lowest BCUT2D eigenvalue weighted by molar-refractivity contribution is -0.131. The molecule has 1 saturated heterocycles. The van der Waals surface area contributed by atoms with Gasteiger partial charge in [0.05, 0.1) is 12.5 Å². The Morgan fingerprint density at radius 2 is 1.81 bits per heavy atom. The van der Waals surface area contributed by atoms with Gasteiger partial charge in [0.25, 0.3) is 0 Å². The number of carbonyl (C=O) groups excluding carboxylic acids is 1. The first kappa shape index (κ1) is 19.2. The van der Waals surface area contributed by atoms with Crippen LogP contribution in [0.25, 0.3) is 0 Å². The highest BCUT2D eigenvalue weighted by molar-refractivity contribution is 14.1. The minimum absolute atomic E-state index is 0.0543. The number of hydrogen-bond donors (Lipinski definition) is 1. The van der Waals surface area contributed by atoms with Crippen molar-refractivity contribution in [2.24, 2.45) is 0 Å². The summed E-state index contributed by atoms with van der Waals surface area (Å²) in [4.78, 5) is 17.4. The van der Waals surface area contributed by atoms with Gasteiger partial charge in [-0.2, -0.15) is 0 Å². The first-order valence-corrected chi connectivity index (χ1v) is 10.2. The molecule has 1 fully saturated rings. The number of amides is 1. The molecule has 1 atom stereocenters. The molecule has 1 aliphatic rings. The van der Waals surface area contributed by atoms with Gasteiger partial charge in [0.15, 0.2) is 0 Å². The van der Waals surface area contributed by atoms with E-state index in [9.17, 15) is 4.79 Å². The van der Waals surface area contributed by atoms with E-state index in [0.717, 1.165) is 25.2 Å². The Morgan fingerprint density at radius 1 is 1.15 bits per heavy atom. The van der Waals surface area contributed by atoms with Crippen LogP contribution in [0.1, 0.15) is 30.0 Å². The lowest BCUT2D eigenvalue weighted by Gasteiger charge is -2.33. The van der Waals surface area contributed by atoms with Crippen molar-refractivity contribution in [2.75, 3.05) is 32.4 Å². The van der Waals surface area contributed by atoms with Gasteiger partial charge in [-0.3, -0.25) is 4.79 Å². The van der Waals surface area contributed by atoms with E-state index in [1.54, 1.807) is 0 Å². The molecular formula is C21H26IN3O. The van der Waals surface area contributed by atoms with Crippen LogP contribution >= 0.6 is 22.6 Å². The standard InChI is InChI=1S/C21H26IN3O/c1-24(21(26)14-16-8-2-5-11-19(16)23)20(15-25-12-6-7-13-25)17-9-3-4-10-18(17)22/h2-5,8-11,20H,6-7,12-15,23H2,1H3/t20-/m1/s1. The van der Waals surface area contributed by atoms with Crippen LogP contribution < -0.4 is 5.73 Å². The largest absolute Gasteiger partial charge is 0.398 e. The van der Waals surface area contributed by atoms with E-state index < -0.39 is 0 Å². The zero-order chi connectivity index (χ0) is 18.5. The van der Waals surface area contributed by atoms with E-state index in [4.69, 9.17) is 5.73 Å². The zero-order valence-electron chi connectivity index (χ0n) is 15.2. The van der Waals surface area contributed by atoms with Crippen molar-refractivity contribution in [3.05, 3.63) is 63.2 Å². The van der Waals surface area contributed by atoms with Gasteiger partial charge in [-0.15, -0.1) is 0 Å². The predicted molar refractivity (Wildman–Crippen MR) is 115 cm³/mol. The molecule has 1 amide bonds. The summed E-state index contributed by atoms with van der Waals surface area (Å²) in [5.41, 5.74) is 8.83. The van der Waals surface area contributed by atoms with E-state index in [0.29, 0.717) is 12.1 Å². The third-order valence-corrected chi connectivity index (χ3v) is 6.13. The number of anilines is 1. The topological polar surface area (TPSA) is 49.6 Å². The highest BCUT2D eigenvalue weighted by Crippen LogP contribution is 2.27. The third kappa shape index (κ3) is 4.57. The average Bonchev–Trinajstić information content (AvgIpc) is 3.15. The Morgan fingerprint density at radius 3 is 2.50 bits per heavy atom. The second kappa shape index (κ2) is 8.86. The number of nitrogens with two attached hydrogens (primary N) is 1. The molecule has 4 nitrogen and oxygen atoms in total. The first-order valence-electron chi connectivity index (χ1n) is 9.12. The van der Waals surface area contributed by atoms with E-state index in [2.05, 4.69) is 45.7 Å². The predicted octanol–water partition coefficient (Wildman–Crippen LogP) is 3.71. The molecule has 138 valence electrons. The van der Waals surface area contributed by atoms with Crippen molar-refractivity contribution in [3.8, 4) is 0 Å². The van der Waals surface area contributed by atoms with Crippen molar-refractivity contribution in [1.29, 1.82) is 0 Å². The fourth-order valence-corrected chi connectivity index (χ4v) is 4.29. The SMILES string of the molecule is CN(C(=O)Cc1ccccc1N)[C@H](CN1CCCC1)c1ccccc1I. The van der Waals surface area contributed by atoms with Crippen molar-refractivity contribution < 1.29 is 4.79 Å². The maximum Gasteiger partial charge on any atom is 0.227 e. The number of hydrogen-bond acceptors (Lipinski definition) is 3. The molecule has 2 aromatic rings. The first-order chi connectivity index (χ1) is 12.6. The second-order valence-electron chi connectivity index (χ2n) is 6.93. The smallest absolute Gasteiger partial charge is 0.227 e. The van der Waals surface area contributed by atoms with Crippen molar-refractivity contribution in [1.82, 2.24) is 9.80 Å². The molecule has 0 radical (unpaired) electrons. The highest BCUT2D eigenvalue weighted by atomic mass is 127. The highest BCUT2D eigenvalue weighted by Gasteiger charge is 2.27. The second-order valence-corrected chi connectivity index (χ2v) is 8.09. The Balaban J connectivity index is 1.81. The summed E-state index contributed by atoms with van der Waals surface area (Å²) in [5.74, 6) is 0.103. The van der Waals surface area contributed by atoms with E-state index in [1.807, 2.05) is 42.3 Å². The Kier molecular flexibility index (Phi) is 6.53. The Bertz CT molecular complexity index is 758. The minimum Gasteiger partial charge on any atom is -0.398 e. The number of benzene rings is 2. The van der Waals surface area contributed by atoms with Gasteiger partial charge >= 0.3 is 0 Å². The van der Waals surface area contributed by atoms with Crippen molar-refractivity contribution in [3.63, 3.8) is 0 Å². The normalized spacial score (nSPS) is 15.8. The van der Waals surface area contributed by atoms with E-state index in [1.165, 1.54) is 22.0 Å². The molecule has 0 saturated carbocycles. The van der Waals surface area contributed by atoms with Gasteiger partial charge in [0.2, 0.25) is 5.91 Å². The molecular weight excluding hydrogens is 437 g/mol. The van der Waals surface area contributed by atoms with Crippen LogP contribution in [-0.4, -0.2) is 42.4 Å². The summed E-state index contributed by atoms with van der Waals surface area (Å²) >= 11 is 2.37. The average molecular weight is 463 g/mol. The number of rotatable bonds is 6. The monoisotopic (exact) mass is 463 g/mol. The van der Waals surface area contributed by atoms with Gasteiger partial charge in [-0.1, -0.05) is 36.4 Å². The maximum absolute atomic E-state index is 13.0. The molecule has 26 heavy (non-hydrogen) atoms. The summed E-state index contributed by atoms with van der Waals surface area (Å²) in [6.45, 7) is 3.12. The van der Waals surface area contributed by atoms with Gasteiger partial charge in [0.1, 0.15) is 0 Å². The van der Waals surface area contributed by atoms with E-state index >= 15 is 0 Å². The number of likely N-dealkylation sites (N-methyl/N-ethyl adjacent to an activating group) is 1. The van der Waals surface area contributed by atoms with Gasteiger partial charge in [-0.05, 0) is 71.8 Å². The van der Waals surface area contributed by atoms with Crippen LogP contribution in [0.15, 0.2) is 48.5 Å². The molecule has 2 N–H and O–H groups in total. The molecule has 3 rings (SSSR count). The fraction of sp³-hybridized carbons (Fsp3) is 0.381. The summed E-state index contributed by atoms with van der Waals surface area (Å²) in [5, 5.41) is 0. The number of likely N-dealkylation sites (tertiary alicyclic amines) is 1. The zero-order valence-corrected chi connectivity index (χ0v) is 17.4. The van der Waals surface area contributed by atoms with Crippen LogP contribution in [0.4, 0.5) is 5.69 Å². The minimum atomic E-state index is 0.0543. The van der Waals surface area contributed by atoms with Crippen LogP contribution in [-0.2, 0) is 11.2 Å². The molecule has 1 heterocycles. The van der Waals surface area contributed by atoms with Crippen LogP contribution in [0.3, 0.4) is 0 Å². The van der Waals surface area contributed by atoms with Crippen LogP contribution in [0.5, 0.6) is 0 Å². The lowest BCUT2D eigenvalue weighted by Crippen LogP contribution is -2.39. The number of nitrogens with zero attached hydrogens (tertiary/aromatic N) is 2. The summed E-state index contributed by atoms with van der Waals surface area (Å²) in [6, 6.07) is 16.0. The molecule has 0 unspecified atom stereocenters. The van der Waals surface area contributed by atoms with Gasteiger partial charge < -0.3 is 15.5 Å². The van der Waals surface area contributed by atoms with Crippen molar-refractivity contribution >= 4 is 34.2 Å². The molecule has 0 spiro atoms. The summed E-state index contributed by atoms with van der Waals surface area (Å²) < 4.78 is 1.20. The number of para-hydroxylation sites is 1. The number of halogens is 1. The molecule has 2 aromatic carbocycles. The number of carbonyl (C=O) groups is 1. The van der Waals surface area contributed by atoms with Gasteiger partial charge in [0, 0.05) is 22.8 Å². The molecule has 0 aliphatic carbocycles. The number of nitrogen functional groups attached to an aromatic ring is 1. The molecule has 5 heteroatoms. The maximum atomic E-state index is 13.0. The Hall–Kier alpha value is -1.60. The Labute approximate surface area is 169 Å². The lowest BCUT2D eigenvalue weighted by atomic mass is 10.0. The van der Waals surface area contributed by atoms with Gasteiger partial charge in [-0.25, -0.2) is 0 Å². The molecule has 1 aliphatic heterocycles. The van der Waals surface area contributed by atoms with Crippen LogP contribution in [0, 0.1) is 3.57 Å². The fourth-order valence-electron chi connectivity index (χ4n) is 3.54. The quantitative estimate of drug-likeness (QED) is 0.525. The summed E-state index contributed by atoms with van der Waals surface area (Å²) in [6.07, 6.45) is 2.83. The molecule has 0 bridgehead atoms. The van der Waals surface area contributed by atoms with Crippen LogP contribution in [0.2, 0.25) is 0 Å². The van der Waals surface area contributed by atoms with Crippen molar-refractivity contribution in [2.45, 2.75) is 25.3 Å².